The number of likely N-dealkylation sites (tertiary alicyclic amines) is 1. The molecule has 5 nitrogen and oxygen atoms in total. The number of aryl methyl sites for hydroxylation is 1. The topological polar surface area (TPSA) is 64.2 Å². The van der Waals surface area contributed by atoms with E-state index in [0.717, 1.165) is 12.2 Å². The van der Waals surface area contributed by atoms with E-state index in [9.17, 15) is 4.79 Å². The highest BCUT2D eigenvalue weighted by atomic mass is 16.2. The normalized spacial score (nSPS) is 25.4. The van der Waals surface area contributed by atoms with E-state index in [1.807, 2.05) is 29.5 Å². The first-order valence-electron chi connectivity index (χ1n) is 5.75. The number of hydrogen-bond donors (Lipinski definition) is 1. The summed E-state index contributed by atoms with van der Waals surface area (Å²) >= 11 is 0. The minimum Gasteiger partial charge on any atom is -0.333 e. The molecule has 16 heavy (non-hydrogen) atoms. The van der Waals surface area contributed by atoms with Crippen LogP contribution in [-0.4, -0.2) is 33.2 Å². The highest BCUT2D eigenvalue weighted by molar-refractivity contribution is 5.80. The molecule has 88 valence electrons. The summed E-state index contributed by atoms with van der Waals surface area (Å²) in [6.07, 6.45) is 2.20. The second-order valence-electron chi connectivity index (χ2n) is 4.06. The summed E-state index contributed by atoms with van der Waals surface area (Å²) in [5, 5.41) is 4.23. The van der Waals surface area contributed by atoms with Crippen LogP contribution in [0.5, 0.6) is 0 Å². The molecular formula is C11H18N4O. The van der Waals surface area contributed by atoms with Gasteiger partial charge in [-0.15, -0.1) is 0 Å². The molecule has 2 N–H and O–H groups in total. The van der Waals surface area contributed by atoms with Crippen molar-refractivity contribution in [1.29, 1.82) is 0 Å². The van der Waals surface area contributed by atoms with Crippen molar-refractivity contribution >= 4 is 5.91 Å². The second-order valence-corrected chi connectivity index (χ2v) is 4.06. The molecule has 1 fully saturated rings. The van der Waals surface area contributed by atoms with Gasteiger partial charge in [0.15, 0.2) is 0 Å². The van der Waals surface area contributed by atoms with Gasteiger partial charge >= 0.3 is 0 Å². The maximum atomic E-state index is 11.7. The zero-order chi connectivity index (χ0) is 11.7. The molecule has 0 bridgehead atoms. The van der Waals surface area contributed by atoms with Gasteiger partial charge in [0.1, 0.15) is 0 Å². The van der Waals surface area contributed by atoms with E-state index in [-0.39, 0.29) is 18.0 Å². The molecule has 1 aliphatic heterocycles. The fraction of sp³-hybridized carbons (Fsp3) is 0.636. The van der Waals surface area contributed by atoms with Gasteiger partial charge in [-0.3, -0.25) is 9.48 Å². The van der Waals surface area contributed by atoms with Crippen molar-refractivity contribution in [2.75, 3.05) is 6.54 Å². The first kappa shape index (κ1) is 11.1. The maximum absolute atomic E-state index is 11.7. The molecule has 2 heterocycles. The van der Waals surface area contributed by atoms with Crippen molar-refractivity contribution in [3.8, 4) is 0 Å². The summed E-state index contributed by atoms with van der Waals surface area (Å²) in [5.41, 5.74) is 7.09. The zero-order valence-electron chi connectivity index (χ0n) is 9.76. The Morgan fingerprint density at radius 3 is 2.88 bits per heavy atom. The highest BCUT2D eigenvalue weighted by Crippen LogP contribution is 2.31. The maximum Gasteiger partial charge on any atom is 0.224 e. The van der Waals surface area contributed by atoms with Gasteiger partial charge in [-0.05, 0) is 19.9 Å². The van der Waals surface area contributed by atoms with Crippen LogP contribution in [0.15, 0.2) is 12.3 Å². The minimum absolute atomic E-state index is 0.0139. The molecule has 0 aromatic carbocycles. The van der Waals surface area contributed by atoms with Gasteiger partial charge in [0.2, 0.25) is 5.91 Å². The fourth-order valence-electron chi connectivity index (χ4n) is 2.43. The zero-order valence-corrected chi connectivity index (χ0v) is 9.76. The van der Waals surface area contributed by atoms with E-state index in [4.69, 9.17) is 5.73 Å². The fourth-order valence-corrected chi connectivity index (χ4v) is 2.43. The van der Waals surface area contributed by atoms with Crippen molar-refractivity contribution < 1.29 is 4.79 Å². The smallest absolute Gasteiger partial charge is 0.224 e. The monoisotopic (exact) mass is 222 g/mol. The average molecular weight is 222 g/mol. The van der Waals surface area contributed by atoms with Crippen LogP contribution in [0.4, 0.5) is 0 Å². The van der Waals surface area contributed by atoms with Crippen molar-refractivity contribution in [2.45, 2.75) is 38.9 Å². The summed E-state index contributed by atoms with van der Waals surface area (Å²) in [7, 11) is 0. The Balaban J connectivity index is 2.35. The first-order valence-corrected chi connectivity index (χ1v) is 5.75. The number of rotatable bonds is 3. The van der Waals surface area contributed by atoms with Crippen molar-refractivity contribution in [1.82, 2.24) is 14.7 Å². The van der Waals surface area contributed by atoms with Crippen molar-refractivity contribution in [2.24, 2.45) is 5.73 Å². The number of nitrogens with zero attached hydrogens (tertiary/aromatic N) is 3. The predicted molar refractivity (Wildman–Crippen MR) is 60.6 cm³/mol. The summed E-state index contributed by atoms with van der Waals surface area (Å²) in [4.78, 5) is 13.6. The standard InChI is InChI=1S/C11H18N4O/c1-3-14-10(16)7-8(12)11(14)9-5-6-13-15(9)4-2/h5-6,8,11H,3-4,7,12H2,1-2H3/t8-,11-/m1/s1. The third kappa shape index (κ3) is 1.61. The van der Waals surface area contributed by atoms with Gasteiger partial charge in [0.25, 0.3) is 0 Å². The lowest BCUT2D eigenvalue weighted by molar-refractivity contribution is -0.128. The summed E-state index contributed by atoms with van der Waals surface area (Å²) < 4.78 is 1.91. The molecule has 0 spiro atoms. The molecule has 0 saturated carbocycles. The summed E-state index contributed by atoms with van der Waals surface area (Å²) in [6.45, 7) is 5.52. The third-order valence-electron chi connectivity index (χ3n) is 3.16. The van der Waals surface area contributed by atoms with Crippen molar-refractivity contribution in [3.63, 3.8) is 0 Å². The summed E-state index contributed by atoms with van der Waals surface area (Å²) in [5.74, 6) is 0.142. The lowest BCUT2D eigenvalue weighted by atomic mass is 10.1. The van der Waals surface area contributed by atoms with Gasteiger partial charge in [-0.2, -0.15) is 5.10 Å². The number of nitrogens with two attached hydrogens (primary N) is 1. The number of likely N-dealkylation sites (N-methyl/N-ethyl adjacent to an activating group) is 1. The molecule has 5 heteroatoms. The van der Waals surface area contributed by atoms with Gasteiger partial charge in [0, 0.05) is 31.7 Å². The van der Waals surface area contributed by atoms with Crippen LogP contribution in [0.2, 0.25) is 0 Å². The molecule has 0 aliphatic carbocycles. The number of amides is 1. The Morgan fingerprint density at radius 1 is 1.50 bits per heavy atom. The molecule has 1 aromatic rings. The molecule has 1 saturated heterocycles. The van der Waals surface area contributed by atoms with Crippen LogP contribution in [0.3, 0.4) is 0 Å². The van der Waals surface area contributed by atoms with Gasteiger partial charge in [-0.1, -0.05) is 0 Å². The lowest BCUT2D eigenvalue weighted by Gasteiger charge is -2.26. The lowest BCUT2D eigenvalue weighted by Crippen LogP contribution is -2.34. The second kappa shape index (κ2) is 4.25. The van der Waals surface area contributed by atoms with Crippen LogP contribution < -0.4 is 5.73 Å². The molecule has 1 aromatic heterocycles. The van der Waals surface area contributed by atoms with Crippen LogP contribution in [0, 0.1) is 0 Å². The number of carbonyl (C=O) groups excluding carboxylic acids is 1. The van der Waals surface area contributed by atoms with Gasteiger partial charge in [0.05, 0.1) is 11.7 Å². The Bertz CT molecular complexity index is 387. The highest BCUT2D eigenvalue weighted by Gasteiger charge is 2.39. The van der Waals surface area contributed by atoms with Crippen molar-refractivity contribution in [3.05, 3.63) is 18.0 Å². The number of aromatic nitrogens is 2. The Labute approximate surface area is 95.2 Å². The van der Waals surface area contributed by atoms with Crippen LogP contribution in [0.25, 0.3) is 0 Å². The van der Waals surface area contributed by atoms with Crippen LogP contribution in [-0.2, 0) is 11.3 Å². The first-order chi connectivity index (χ1) is 7.69. The molecule has 0 unspecified atom stereocenters. The molecule has 1 aliphatic rings. The van der Waals surface area contributed by atoms with Crippen LogP contribution in [0.1, 0.15) is 32.0 Å². The molecule has 2 rings (SSSR count). The van der Waals surface area contributed by atoms with E-state index in [1.54, 1.807) is 6.20 Å². The van der Waals surface area contributed by atoms with E-state index in [1.165, 1.54) is 0 Å². The van der Waals surface area contributed by atoms with E-state index >= 15 is 0 Å². The molecule has 1 amide bonds. The largest absolute Gasteiger partial charge is 0.333 e. The Morgan fingerprint density at radius 2 is 2.25 bits per heavy atom. The SMILES string of the molecule is CCN1C(=O)C[C@@H](N)[C@@H]1c1ccnn1CC. The van der Waals surface area contributed by atoms with Gasteiger partial charge < -0.3 is 10.6 Å². The Hall–Kier alpha value is -1.36. The average Bonchev–Trinajstić information content (AvgIpc) is 2.81. The third-order valence-corrected chi connectivity index (χ3v) is 3.16. The number of carbonyl (C=O) groups is 1. The van der Waals surface area contributed by atoms with E-state index in [2.05, 4.69) is 5.10 Å². The molecule has 0 radical (unpaired) electrons. The van der Waals surface area contributed by atoms with Crippen LogP contribution >= 0.6 is 0 Å². The Kier molecular flexibility index (Phi) is 2.96. The minimum atomic E-state index is -0.116. The van der Waals surface area contributed by atoms with Gasteiger partial charge in [-0.25, -0.2) is 0 Å². The van der Waals surface area contributed by atoms with E-state index < -0.39 is 0 Å². The van der Waals surface area contributed by atoms with E-state index in [0.29, 0.717) is 13.0 Å². The summed E-state index contributed by atoms with van der Waals surface area (Å²) in [6, 6.07) is 1.82. The quantitative estimate of drug-likeness (QED) is 0.811. The number of hydrogen-bond acceptors (Lipinski definition) is 3. The molecule has 2 atom stereocenters. The molecular weight excluding hydrogens is 204 g/mol. The predicted octanol–water partition coefficient (Wildman–Crippen LogP) is 0.524.